The van der Waals surface area contributed by atoms with Gasteiger partial charge in [-0.1, -0.05) is 149 Å². The molecule has 0 atom stereocenters. The van der Waals surface area contributed by atoms with E-state index in [2.05, 4.69) is 13.8 Å². The van der Waals surface area contributed by atoms with E-state index in [1.807, 2.05) is 0 Å². The van der Waals surface area contributed by atoms with Gasteiger partial charge in [0.15, 0.2) is 0 Å². The number of hydrogen-bond acceptors (Lipinski definition) is 5. The van der Waals surface area contributed by atoms with Crippen molar-refractivity contribution in [3.8, 4) is 0 Å². The fourth-order valence-corrected chi connectivity index (χ4v) is 4.65. The highest BCUT2D eigenvalue weighted by Crippen LogP contribution is 2.19. The lowest BCUT2D eigenvalue weighted by atomic mass is 9.94. The van der Waals surface area contributed by atoms with Crippen LogP contribution in [-0.4, -0.2) is 36.9 Å². The molecule has 1 N–H and O–H groups in total. The largest absolute Gasteiger partial charge is 0.465 e. The predicted octanol–water partition coefficient (Wildman–Crippen LogP) is 9.47. The van der Waals surface area contributed by atoms with Crippen molar-refractivity contribution in [2.75, 3.05) is 19.8 Å². The zero-order chi connectivity index (χ0) is 28.2. The van der Waals surface area contributed by atoms with E-state index < -0.39 is 5.41 Å². The number of unbranched alkanes of at least 4 members (excludes halogenated alkanes) is 20. The van der Waals surface area contributed by atoms with E-state index in [9.17, 15) is 14.7 Å². The van der Waals surface area contributed by atoms with Gasteiger partial charge in [-0.25, -0.2) is 0 Å². The minimum Gasteiger partial charge on any atom is -0.465 e. The van der Waals surface area contributed by atoms with Gasteiger partial charge in [-0.2, -0.15) is 0 Å². The predicted molar refractivity (Wildman–Crippen MR) is 159 cm³/mol. The second-order valence-electron chi connectivity index (χ2n) is 11.9. The molecular weight excluding hydrogens is 476 g/mol. The number of hydrogen-bond donors (Lipinski definition) is 1. The summed E-state index contributed by atoms with van der Waals surface area (Å²) in [5, 5.41) is 9.78. The molecule has 0 aliphatic rings. The third-order valence-electron chi connectivity index (χ3n) is 7.51. The molecule has 0 fully saturated rings. The van der Waals surface area contributed by atoms with Gasteiger partial charge in [0.25, 0.3) is 0 Å². The van der Waals surface area contributed by atoms with Crippen LogP contribution in [0.15, 0.2) is 0 Å². The van der Waals surface area contributed by atoms with Crippen molar-refractivity contribution >= 4 is 11.9 Å². The maximum Gasteiger partial charge on any atom is 0.305 e. The first-order chi connectivity index (χ1) is 18.5. The molecule has 0 aliphatic carbocycles. The summed E-state index contributed by atoms with van der Waals surface area (Å²) in [6.45, 7) is 6.25. The fourth-order valence-electron chi connectivity index (χ4n) is 4.65. The average Bonchev–Trinajstić information content (AvgIpc) is 2.92. The van der Waals surface area contributed by atoms with E-state index in [0.29, 0.717) is 12.8 Å². The van der Waals surface area contributed by atoms with Gasteiger partial charge in [-0.15, -0.1) is 0 Å². The van der Waals surface area contributed by atoms with Crippen molar-refractivity contribution in [2.24, 2.45) is 5.41 Å². The van der Waals surface area contributed by atoms with E-state index in [1.54, 1.807) is 6.92 Å². The molecular formula is C33H64O5. The van der Waals surface area contributed by atoms with Crippen LogP contribution in [0.1, 0.15) is 175 Å². The Kier molecular flexibility index (Phi) is 26.7. The minimum atomic E-state index is -0.750. The highest BCUT2D eigenvalue weighted by atomic mass is 16.5. The first kappa shape index (κ1) is 36.9. The Bertz CT molecular complexity index is 491. The van der Waals surface area contributed by atoms with Crippen molar-refractivity contribution in [1.82, 2.24) is 0 Å². The van der Waals surface area contributed by atoms with Gasteiger partial charge in [0, 0.05) is 12.8 Å². The lowest BCUT2D eigenvalue weighted by molar-refractivity contribution is -0.155. The van der Waals surface area contributed by atoms with Gasteiger partial charge in [0.1, 0.15) is 13.2 Å². The second kappa shape index (κ2) is 27.5. The minimum absolute atomic E-state index is 0.0755. The lowest BCUT2D eigenvalue weighted by Gasteiger charge is -2.26. The third-order valence-corrected chi connectivity index (χ3v) is 7.51. The summed E-state index contributed by atoms with van der Waals surface area (Å²) in [4.78, 5) is 24.2. The molecule has 0 aromatic heterocycles. The van der Waals surface area contributed by atoms with Gasteiger partial charge < -0.3 is 14.6 Å². The maximum atomic E-state index is 12.1. The summed E-state index contributed by atoms with van der Waals surface area (Å²) in [5.41, 5.74) is -0.750. The van der Waals surface area contributed by atoms with Gasteiger partial charge in [-0.3, -0.25) is 9.59 Å². The molecule has 0 amide bonds. The Hall–Kier alpha value is -1.10. The Morgan fingerprint density at radius 3 is 1.03 bits per heavy atom. The molecule has 38 heavy (non-hydrogen) atoms. The smallest absolute Gasteiger partial charge is 0.305 e. The molecule has 226 valence electrons. The van der Waals surface area contributed by atoms with Crippen LogP contribution in [0.5, 0.6) is 0 Å². The van der Waals surface area contributed by atoms with Crippen molar-refractivity contribution in [1.29, 1.82) is 0 Å². The van der Waals surface area contributed by atoms with Crippen LogP contribution in [0.2, 0.25) is 0 Å². The molecule has 0 heterocycles. The topological polar surface area (TPSA) is 72.8 Å². The number of carbonyl (C=O) groups is 2. The molecule has 0 spiro atoms. The molecule has 0 aromatic carbocycles. The molecule has 0 saturated carbocycles. The fraction of sp³-hybridized carbons (Fsp3) is 0.939. The number of aliphatic hydroxyl groups is 1. The molecule has 0 bridgehead atoms. The van der Waals surface area contributed by atoms with Crippen LogP contribution >= 0.6 is 0 Å². The van der Waals surface area contributed by atoms with Crippen molar-refractivity contribution < 1.29 is 24.2 Å². The van der Waals surface area contributed by atoms with Crippen LogP contribution in [0.25, 0.3) is 0 Å². The van der Waals surface area contributed by atoms with E-state index in [1.165, 1.54) is 116 Å². The molecule has 5 nitrogen and oxygen atoms in total. The average molecular weight is 541 g/mol. The van der Waals surface area contributed by atoms with E-state index >= 15 is 0 Å². The second-order valence-corrected chi connectivity index (χ2v) is 11.9. The van der Waals surface area contributed by atoms with E-state index in [0.717, 1.165) is 25.7 Å². The normalized spacial score (nSPS) is 11.6. The molecule has 0 saturated heterocycles. The van der Waals surface area contributed by atoms with Gasteiger partial charge in [0.2, 0.25) is 0 Å². The third kappa shape index (κ3) is 25.2. The van der Waals surface area contributed by atoms with Gasteiger partial charge >= 0.3 is 11.9 Å². The summed E-state index contributed by atoms with van der Waals surface area (Å²) in [5.74, 6) is -0.458. The van der Waals surface area contributed by atoms with Crippen LogP contribution in [0.4, 0.5) is 0 Å². The number of esters is 2. The Balaban J connectivity index is 3.70. The Labute approximate surface area is 236 Å². The number of aliphatic hydroxyl groups excluding tert-OH is 1. The first-order valence-corrected chi connectivity index (χ1v) is 16.4. The van der Waals surface area contributed by atoms with Crippen LogP contribution in [-0.2, 0) is 19.1 Å². The highest BCUT2D eigenvalue weighted by molar-refractivity contribution is 5.69. The Morgan fingerprint density at radius 1 is 0.500 bits per heavy atom. The number of ether oxygens (including phenoxy) is 2. The van der Waals surface area contributed by atoms with Crippen LogP contribution < -0.4 is 0 Å². The van der Waals surface area contributed by atoms with Crippen molar-refractivity contribution in [3.05, 3.63) is 0 Å². The first-order valence-electron chi connectivity index (χ1n) is 16.4. The molecule has 0 aliphatic heterocycles. The molecule has 5 heteroatoms. The summed E-state index contributed by atoms with van der Waals surface area (Å²) in [7, 11) is 0. The highest BCUT2D eigenvalue weighted by Gasteiger charge is 2.27. The summed E-state index contributed by atoms with van der Waals surface area (Å²) >= 11 is 0. The van der Waals surface area contributed by atoms with Crippen molar-refractivity contribution in [2.45, 2.75) is 175 Å². The maximum absolute atomic E-state index is 12.1. The summed E-state index contributed by atoms with van der Waals surface area (Å²) in [6, 6.07) is 0. The molecule has 0 aromatic rings. The van der Waals surface area contributed by atoms with E-state index in [4.69, 9.17) is 9.47 Å². The standard InChI is InChI=1S/C33H64O5/c1-4-6-8-10-12-14-16-18-20-22-24-26-31(35)37-29-33(3,28-34)30-38-32(36)27-25-23-21-19-17-15-13-11-9-7-5-2/h34H,4-30H2,1-3H3. The number of rotatable bonds is 29. The quantitative estimate of drug-likeness (QED) is 0.0755. The molecule has 0 rings (SSSR count). The van der Waals surface area contributed by atoms with Crippen LogP contribution in [0.3, 0.4) is 0 Å². The summed E-state index contributed by atoms with van der Waals surface area (Å²) in [6.07, 6.45) is 28.2. The zero-order valence-corrected chi connectivity index (χ0v) is 25.7. The van der Waals surface area contributed by atoms with Gasteiger partial charge in [-0.05, 0) is 12.8 Å². The monoisotopic (exact) mass is 540 g/mol. The molecule has 0 radical (unpaired) electrons. The number of carbonyl (C=O) groups excluding carboxylic acids is 2. The zero-order valence-electron chi connectivity index (χ0n) is 25.7. The van der Waals surface area contributed by atoms with Crippen molar-refractivity contribution in [3.63, 3.8) is 0 Å². The Morgan fingerprint density at radius 2 is 0.763 bits per heavy atom. The van der Waals surface area contributed by atoms with E-state index in [-0.39, 0.29) is 31.8 Å². The summed E-state index contributed by atoms with van der Waals surface area (Å²) < 4.78 is 10.8. The molecule has 0 unspecified atom stereocenters. The van der Waals surface area contributed by atoms with Crippen LogP contribution in [0, 0.1) is 5.41 Å². The SMILES string of the molecule is CCCCCCCCCCCCCC(=O)OCC(C)(CO)COC(=O)CCCCCCCCCCCCC. The van der Waals surface area contributed by atoms with Gasteiger partial charge in [0.05, 0.1) is 12.0 Å². The lowest BCUT2D eigenvalue weighted by Crippen LogP contribution is -2.35.